The van der Waals surface area contributed by atoms with E-state index in [-0.39, 0.29) is 5.91 Å². The fraction of sp³-hybridized carbons (Fsp3) is 0.556. The molecule has 0 saturated heterocycles. The highest BCUT2D eigenvalue weighted by atomic mass is 16.1. The Hall–Kier alpha value is -1.32. The number of hydrogen-bond acceptors (Lipinski definition) is 2. The van der Waals surface area contributed by atoms with Gasteiger partial charge in [0.1, 0.15) is 0 Å². The van der Waals surface area contributed by atoms with Crippen LogP contribution in [0.3, 0.4) is 0 Å². The van der Waals surface area contributed by atoms with Crippen molar-refractivity contribution in [3.8, 4) is 0 Å². The molecule has 13 heavy (non-hydrogen) atoms. The van der Waals surface area contributed by atoms with Gasteiger partial charge in [0.05, 0.1) is 11.8 Å². The summed E-state index contributed by atoms with van der Waals surface area (Å²) in [6.45, 7) is 2.05. The van der Waals surface area contributed by atoms with Crippen LogP contribution in [0.5, 0.6) is 0 Å². The van der Waals surface area contributed by atoms with E-state index in [0.717, 1.165) is 0 Å². The van der Waals surface area contributed by atoms with Crippen LogP contribution in [-0.4, -0.2) is 22.1 Å². The van der Waals surface area contributed by atoms with E-state index < -0.39 is 0 Å². The fourth-order valence-electron chi connectivity index (χ4n) is 1.38. The Morgan fingerprint density at radius 3 is 3.08 bits per heavy atom. The number of carbonyl (C=O) groups is 1. The van der Waals surface area contributed by atoms with E-state index >= 15 is 0 Å². The van der Waals surface area contributed by atoms with Crippen molar-refractivity contribution in [1.29, 1.82) is 0 Å². The van der Waals surface area contributed by atoms with Crippen LogP contribution in [0.4, 0.5) is 0 Å². The van der Waals surface area contributed by atoms with Gasteiger partial charge >= 0.3 is 0 Å². The van der Waals surface area contributed by atoms with Gasteiger partial charge in [-0.1, -0.05) is 0 Å². The van der Waals surface area contributed by atoms with Gasteiger partial charge in [0.2, 0.25) is 0 Å². The predicted octanol–water partition coefficient (Wildman–Crippen LogP) is 0.938. The molecule has 0 spiro atoms. The maximum atomic E-state index is 11.5. The highest BCUT2D eigenvalue weighted by Crippen LogP contribution is 2.32. The van der Waals surface area contributed by atoms with Crippen LogP contribution in [0.15, 0.2) is 12.4 Å². The first-order valence-electron chi connectivity index (χ1n) is 4.57. The molecule has 1 unspecified atom stereocenters. The molecule has 0 radical (unpaired) electrons. The molecule has 1 aliphatic carbocycles. The molecule has 1 aromatic rings. The molecular formula is C9H13N3O. The van der Waals surface area contributed by atoms with E-state index in [9.17, 15) is 4.79 Å². The lowest BCUT2D eigenvalue weighted by molar-refractivity contribution is 0.0936. The molecule has 70 valence electrons. The van der Waals surface area contributed by atoms with Crippen LogP contribution in [0, 0.1) is 5.92 Å². The summed E-state index contributed by atoms with van der Waals surface area (Å²) in [5.41, 5.74) is 0.604. The zero-order valence-corrected chi connectivity index (χ0v) is 7.58. The average Bonchev–Trinajstić information content (AvgIpc) is 2.81. The molecule has 1 atom stereocenters. The van der Waals surface area contributed by atoms with E-state index in [2.05, 4.69) is 22.4 Å². The Balaban J connectivity index is 1.91. The van der Waals surface area contributed by atoms with Crippen molar-refractivity contribution in [1.82, 2.24) is 15.5 Å². The zero-order chi connectivity index (χ0) is 9.26. The molecule has 2 N–H and O–H groups in total. The van der Waals surface area contributed by atoms with Crippen molar-refractivity contribution in [2.75, 3.05) is 0 Å². The number of rotatable bonds is 3. The molecule has 0 aromatic carbocycles. The highest BCUT2D eigenvalue weighted by Gasteiger charge is 2.29. The monoisotopic (exact) mass is 179 g/mol. The summed E-state index contributed by atoms with van der Waals surface area (Å²) in [4.78, 5) is 11.5. The number of H-pyrrole nitrogens is 1. The topological polar surface area (TPSA) is 57.8 Å². The van der Waals surface area contributed by atoms with Crippen LogP contribution >= 0.6 is 0 Å². The Morgan fingerprint density at radius 1 is 1.77 bits per heavy atom. The second-order valence-corrected chi connectivity index (χ2v) is 3.59. The molecule has 1 fully saturated rings. The van der Waals surface area contributed by atoms with E-state index in [1.54, 1.807) is 6.20 Å². The summed E-state index contributed by atoms with van der Waals surface area (Å²) < 4.78 is 0. The SMILES string of the molecule is CC(NC(=O)c1cn[nH]c1)C1CC1. The lowest BCUT2D eigenvalue weighted by Gasteiger charge is -2.11. The number of aromatic nitrogens is 2. The number of nitrogens with zero attached hydrogens (tertiary/aromatic N) is 1. The third-order valence-corrected chi connectivity index (χ3v) is 2.45. The summed E-state index contributed by atoms with van der Waals surface area (Å²) in [5, 5.41) is 9.29. The quantitative estimate of drug-likeness (QED) is 0.725. The maximum Gasteiger partial charge on any atom is 0.254 e. The maximum absolute atomic E-state index is 11.5. The van der Waals surface area contributed by atoms with Crippen molar-refractivity contribution in [3.05, 3.63) is 18.0 Å². The molecule has 0 aliphatic heterocycles. The van der Waals surface area contributed by atoms with Crippen LogP contribution < -0.4 is 5.32 Å². The van der Waals surface area contributed by atoms with Crippen molar-refractivity contribution >= 4 is 5.91 Å². The van der Waals surface area contributed by atoms with Gasteiger partial charge in [0.15, 0.2) is 0 Å². The van der Waals surface area contributed by atoms with Gasteiger partial charge in [-0.25, -0.2) is 0 Å². The van der Waals surface area contributed by atoms with E-state index in [1.807, 2.05) is 0 Å². The number of amides is 1. The standard InChI is InChI=1S/C9H13N3O/c1-6(7-2-3-7)12-9(13)8-4-10-11-5-8/h4-7H,2-3H2,1H3,(H,10,11)(H,12,13). The van der Waals surface area contributed by atoms with Crippen LogP contribution in [0.1, 0.15) is 30.1 Å². The Labute approximate surface area is 76.7 Å². The van der Waals surface area contributed by atoms with Gasteiger partial charge in [0, 0.05) is 12.2 Å². The lowest BCUT2D eigenvalue weighted by Crippen LogP contribution is -2.33. The minimum atomic E-state index is -0.0341. The van der Waals surface area contributed by atoms with Crippen molar-refractivity contribution < 1.29 is 4.79 Å². The molecule has 4 heteroatoms. The molecule has 2 rings (SSSR count). The van der Waals surface area contributed by atoms with Crippen molar-refractivity contribution in [2.45, 2.75) is 25.8 Å². The molecule has 1 amide bonds. The second-order valence-electron chi connectivity index (χ2n) is 3.59. The molecule has 4 nitrogen and oxygen atoms in total. The number of hydrogen-bond donors (Lipinski definition) is 2. The second kappa shape index (κ2) is 3.20. The van der Waals surface area contributed by atoms with Gasteiger partial charge in [-0.15, -0.1) is 0 Å². The minimum Gasteiger partial charge on any atom is -0.349 e. The summed E-state index contributed by atoms with van der Waals surface area (Å²) in [5.74, 6) is 0.656. The number of carbonyl (C=O) groups excluding carboxylic acids is 1. The van der Waals surface area contributed by atoms with Crippen LogP contribution in [0.2, 0.25) is 0 Å². The first-order chi connectivity index (χ1) is 6.27. The van der Waals surface area contributed by atoms with Gasteiger partial charge in [-0.3, -0.25) is 9.89 Å². The molecule has 0 bridgehead atoms. The largest absolute Gasteiger partial charge is 0.349 e. The Bertz CT molecular complexity index is 290. The highest BCUT2D eigenvalue weighted by molar-refractivity contribution is 5.93. The van der Waals surface area contributed by atoms with E-state index in [4.69, 9.17) is 0 Å². The smallest absolute Gasteiger partial charge is 0.254 e. The van der Waals surface area contributed by atoms with Crippen molar-refractivity contribution in [2.24, 2.45) is 5.92 Å². The zero-order valence-electron chi connectivity index (χ0n) is 7.58. The average molecular weight is 179 g/mol. The first kappa shape index (κ1) is 8.29. The normalized spacial score (nSPS) is 18.2. The molecule has 1 saturated carbocycles. The lowest BCUT2D eigenvalue weighted by atomic mass is 10.2. The molecule has 1 aromatic heterocycles. The fourth-order valence-corrected chi connectivity index (χ4v) is 1.38. The van der Waals surface area contributed by atoms with E-state index in [0.29, 0.717) is 17.5 Å². The van der Waals surface area contributed by atoms with Gasteiger partial charge in [-0.05, 0) is 25.7 Å². The minimum absolute atomic E-state index is 0.0341. The molecular weight excluding hydrogens is 166 g/mol. The third-order valence-electron chi connectivity index (χ3n) is 2.45. The van der Waals surface area contributed by atoms with E-state index in [1.165, 1.54) is 19.0 Å². The Kier molecular flexibility index (Phi) is 2.04. The van der Waals surface area contributed by atoms with Crippen LogP contribution in [0.25, 0.3) is 0 Å². The number of aromatic amines is 1. The number of nitrogens with one attached hydrogen (secondary N) is 2. The van der Waals surface area contributed by atoms with Gasteiger partial charge in [-0.2, -0.15) is 5.10 Å². The van der Waals surface area contributed by atoms with Crippen LogP contribution in [-0.2, 0) is 0 Å². The van der Waals surface area contributed by atoms with Gasteiger partial charge in [0.25, 0.3) is 5.91 Å². The molecule has 1 heterocycles. The van der Waals surface area contributed by atoms with Crippen molar-refractivity contribution in [3.63, 3.8) is 0 Å². The summed E-state index contributed by atoms with van der Waals surface area (Å²) in [6, 6.07) is 0.294. The molecule has 1 aliphatic rings. The summed E-state index contributed by atoms with van der Waals surface area (Å²) >= 11 is 0. The summed E-state index contributed by atoms with van der Waals surface area (Å²) in [6.07, 6.45) is 5.63. The Morgan fingerprint density at radius 2 is 2.54 bits per heavy atom. The summed E-state index contributed by atoms with van der Waals surface area (Å²) in [7, 11) is 0. The third kappa shape index (κ3) is 1.88. The predicted molar refractivity (Wildman–Crippen MR) is 48.2 cm³/mol. The first-order valence-corrected chi connectivity index (χ1v) is 4.57. The van der Waals surface area contributed by atoms with Gasteiger partial charge < -0.3 is 5.32 Å².